The van der Waals surface area contributed by atoms with Gasteiger partial charge in [-0.1, -0.05) is 42.1 Å². The lowest BCUT2D eigenvalue weighted by Crippen LogP contribution is -2.23. The van der Waals surface area contributed by atoms with E-state index in [4.69, 9.17) is 9.47 Å². The molecular weight excluding hydrogens is 410 g/mol. The molecule has 1 amide bonds. The Kier molecular flexibility index (Phi) is 6.94. The van der Waals surface area contributed by atoms with E-state index < -0.39 is 0 Å². The third-order valence-corrected chi connectivity index (χ3v) is 6.41. The van der Waals surface area contributed by atoms with Crippen LogP contribution in [0.25, 0.3) is 11.3 Å². The average Bonchev–Trinajstić information content (AvgIpc) is 3.45. The number of methoxy groups -OCH3 is 1. The number of thioether (sulfide) groups is 1. The van der Waals surface area contributed by atoms with Gasteiger partial charge in [-0.2, -0.15) is 0 Å². The third kappa shape index (κ3) is 5.29. The van der Waals surface area contributed by atoms with E-state index in [1.165, 1.54) is 11.8 Å². The minimum Gasteiger partial charge on any atom is -0.497 e. The molecule has 2 aromatic carbocycles. The number of hydrogen-bond acceptors (Lipinski definition) is 5. The molecular formula is C24H27N3O3S. The number of nitrogens with zero attached hydrogens (tertiary/aromatic N) is 2. The highest BCUT2D eigenvalue weighted by molar-refractivity contribution is 8.00. The van der Waals surface area contributed by atoms with Crippen molar-refractivity contribution in [2.75, 3.05) is 19.0 Å². The van der Waals surface area contributed by atoms with E-state index in [9.17, 15) is 4.79 Å². The number of carbonyl (C=O) groups is 1. The number of imidazole rings is 1. The number of anilines is 1. The lowest BCUT2D eigenvalue weighted by atomic mass is 10.1. The van der Waals surface area contributed by atoms with Crippen molar-refractivity contribution in [1.29, 1.82) is 0 Å². The summed E-state index contributed by atoms with van der Waals surface area (Å²) in [6.45, 7) is 3.44. The molecule has 1 saturated heterocycles. The van der Waals surface area contributed by atoms with Gasteiger partial charge in [-0.3, -0.25) is 4.79 Å². The Morgan fingerprint density at radius 3 is 2.71 bits per heavy atom. The molecule has 162 valence electrons. The topological polar surface area (TPSA) is 65.4 Å². The Labute approximate surface area is 187 Å². The molecule has 2 atom stereocenters. The van der Waals surface area contributed by atoms with Crippen LogP contribution >= 0.6 is 11.8 Å². The number of amides is 1. The summed E-state index contributed by atoms with van der Waals surface area (Å²) in [5, 5.41) is 3.48. The average molecular weight is 438 g/mol. The maximum Gasteiger partial charge on any atom is 0.237 e. The zero-order chi connectivity index (χ0) is 21.6. The largest absolute Gasteiger partial charge is 0.497 e. The van der Waals surface area contributed by atoms with Gasteiger partial charge in [0.15, 0.2) is 5.16 Å². The van der Waals surface area contributed by atoms with E-state index in [-0.39, 0.29) is 17.3 Å². The maximum absolute atomic E-state index is 12.8. The summed E-state index contributed by atoms with van der Waals surface area (Å²) in [5.41, 5.74) is 2.89. The number of aromatic nitrogens is 2. The third-order valence-electron chi connectivity index (χ3n) is 5.31. The molecule has 1 aliphatic heterocycles. The summed E-state index contributed by atoms with van der Waals surface area (Å²) >= 11 is 1.46. The van der Waals surface area contributed by atoms with Gasteiger partial charge in [0, 0.05) is 12.3 Å². The first-order valence-electron chi connectivity index (χ1n) is 10.5. The van der Waals surface area contributed by atoms with Gasteiger partial charge in [-0.15, -0.1) is 0 Å². The number of hydrogen-bond donors (Lipinski definition) is 1. The van der Waals surface area contributed by atoms with Crippen molar-refractivity contribution in [3.05, 3.63) is 60.8 Å². The van der Waals surface area contributed by atoms with Gasteiger partial charge in [0.1, 0.15) is 5.75 Å². The van der Waals surface area contributed by atoms with Gasteiger partial charge in [0.2, 0.25) is 5.91 Å². The summed E-state index contributed by atoms with van der Waals surface area (Å²) in [6, 6.07) is 17.5. The summed E-state index contributed by atoms with van der Waals surface area (Å²) in [5.74, 6) is 0.688. The van der Waals surface area contributed by atoms with Crippen molar-refractivity contribution < 1.29 is 14.3 Å². The van der Waals surface area contributed by atoms with Crippen LogP contribution in [-0.2, 0) is 16.1 Å². The second-order valence-electron chi connectivity index (χ2n) is 7.52. The van der Waals surface area contributed by atoms with Gasteiger partial charge in [0.25, 0.3) is 0 Å². The van der Waals surface area contributed by atoms with E-state index in [0.717, 1.165) is 53.8 Å². The molecule has 0 radical (unpaired) electrons. The molecule has 1 N–H and O–H groups in total. The van der Waals surface area contributed by atoms with Gasteiger partial charge < -0.3 is 19.4 Å². The minimum atomic E-state index is -0.309. The molecule has 0 spiro atoms. The van der Waals surface area contributed by atoms with Gasteiger partial charge in [0.05, 0.1) is 36.9 Å². The molecule has 3 aromatic rings. The molecule has 31 heavy (non-hydrogen) atoms. The smallest absolute Gasteiger partial charge is 0.237 e. The molecule has 1 aliphatic rings. The first-order valence-corrected chi connectivity index (χ1v) is 11.4. The number of ether oxygens (including phenoxy) is 2. The Morgan fingerprint density at radius 2 is 2.03 bits per heavy atom. The van der Waals surface area contributed by atoms with Crippen LogP contribution in [-0.4, -0.2) is 40.5 Å². The molecule has 2 heterocycles. The second-order valence-corrected chi connectivity index (χ2v) is 8.82. The highest BCUT2D eigenvalue weighted by Gasteiger charge is 2.23. The summed E-state index contributed by atoms with van der Waals surface area (Å²) < 4.78 is 13.2. The van der Waals surface area contributed by atoms with E-state index in [0.29, 0.717) is 0 Å². The van der Waals surface area contributed by atoms with Gasteiger partial charge in [-0.25, -0.2) is 4.98 Å². The Balaban J connectivity index is 1.50. The van der Waals surface area contributed by atoms with Crippen LogP contribution in [0.1, 0.15) is 19.8 Å². The van der Waals surface area contributed by atoms with Crippen molar-refractivity contribution in [1.82, 2.24) is 9.55 Å². The Bertz CT molecular complexity index is 999. The number of nitrogens with one attached hydrogen (secondary N) is 1. The predicted octanol–water partition coefficient (Wildman–Crippen LogP) is 4.86. The lowest BCUT2D eigenvalue weighted by molar-refractivity contribution is -0.115. The van der Waals surface area contributed by atoms with Crippen LogP contribution in [0.4, 0.5) is 5.69 Å². The van der Waals surface area contributed by atoms with Crippen molar-refractivity contribution in [3.8, 4) is 17.0 Å². The highest BCUT2D eigenvalue weighted by Crippen LogP contribution is 2.30. The molecule has 1 aromatic heterocycles. The highest BCUT2D eigenvalue weighted by atomic mass is 32.2. The van der Waals surface area contributed by atoms with Crippen molar-refractivity contribution >= 4 is 23.4 Å². The molecule has 0 aliphatic carbocycles. The number of rotatable bonds is 8. The van der Waals surface area contributed by atoms with Gasteiger partial charge in [-0.05, 0) is 49.6 Å². The molecule has 7 heteroatoms. The van der Waals surface area contributed by atoms with Crippen LogP contribution in [0, 0.1) is 0 Å². The van der Waals surface area contributed by atoms with Crippen LogP contribution in [0.5, 0.6) is 5.75 Å². The summed E-state index contributed by atoms with van der Waals surface area (Å²) in [6.07, 6.45) is 4.20. The van der Waals surface area contributed by atoms with E-state index in [1.807, 2.05) is 55.6 Å². The molecule has 1 fully saturated rings. The zero-order valence-corrected chi connectivity index (χ0v) is 18.6. The first-order chi connectivity index (χ1) is 15.1. The van der Waals surface area contributed by atoms with E-state index in [1.54, 1.807) is 7.11 Å². The summed E-state index contributed by atoms with van der Waals surface area (Å²) in [7, 11) is 1.62. The van der Waals surface area contributed by atoms with Crippen LogP contribution < -0.4 is 10.1 Å². The fraction of sp³-hybridized carbons (Fsp3) is 0.333. The first kappa shape index (κ1) is 21.5. The molecule has 4 rings (SSSR count). The van der Waals surface area contributed by atoms with Crippen molar-refractivity contribution in [2.45, 2.75) is 42.8 Å². The SMILES string of the molecule is COc1ccc(NC(=O)C(C)Sc2ncc(-c3ccccc3)n2CC2CCCO2)cc1. The summed E-state index contributed by atoms with van der Waals surface area (Å²) in [4.78, 5) is 17.4. The Morgan fingerprint density at radius 1 is 1.26 bits per heavy atom. The Hall–Kier alpha value is -2.77. The maximum atomic E-state index is 12.8. The molecule has 0 bridgehead atoms. The lowest BCUT2D eigenvalue weighted by Gasteiger charge is -2.18. The zero-order valence-electron chi connectivity index (χ0n) is 17.8. The fourth-order valence-corrected chi connectivity index (χ4v) is 4.49. The standard InChI is InChI=1S/C24H27N3O3S/c1-17(23(28)26-19-10-12-20(29-2)13-11-19)31-24-25-15-22(18-7-4-3-5-8-18)27(24)16-21-9-6-14-30-21/h3-5,7-8,10-13,15,17,21H,6,9,14,16H2,1-2H3,(H,26,28). The monoisotopic (exact) mass is 437 g/mol. The van der Waals surface area contributed by atoms with Crippen molar-refractivity contribution in [3.63, 3.8) is 0 Å². The van der Waals surface area contributed by atoms with Crippen LogP contribution in [0.2, 0.25) is 0 Å². The second kappa shape index (κ2) is 10.0. The van der Waals surface area contributed by atoms with Crippen molar-refractivity contribution in [2.24, 2.45) is 0 Å². The predicted molar refractivity (Wildman–Crippen MR) is 124 cm³/mol. The fourth-order valence-electron chi connectivity index (χ4n) is 3.59. The van der Waals surface area contributed by atoms with Gasteiger partial charge >= 0.3 is 0 Å². The van der Waals surface area contributed by atoms with E-state index >= 15 is 0 Å². The quantitative estimate of drug-likeness (QED) is 0.510. The molecule has 6 nitrogen and oxygen atoms in total. The molecule has 2 unspecified atom stereocenters. The van der Waals surface area contributed by atoms with Crippen LogP contribution in [0.3, 0.4) is 0 Å². The molecule has 0 saturated carbocycles. The minimum absolute atomic E-state index is 0.0666. The van der Waals surface area contributed by atoms with E-state index in [2.05, 4.69) is 27.0 Å². The van der Waals surface area contributed by atoms with Crippen LogP contribution in [0.15, 0.2) is 66.0 Å². The number of carbonyl (C=O) groups excluding carboxylic acids is 1. The number of benzene rings is 2. The normalized spacial score (nSPS) is 16.8.